The maximum Gasteiger partial charge on any atom is 0.229 e. The first-order valence-corrected chi connectivity index (χ1v) is 9.05. The first-order valence-electron chi connectivity index (χ1n) is 9.05. The number of hydrogen-bond donors (Lipinski definition) is 0. The van der Waals surface area contributed by atoms with Crippen LogP contribution in [-0.2, 0) is 4.74 Å². The highest BCUT2D eigenvalue weighted by Crippen LogP contribution is 2.32. The normalized spacial score (nSPS) is 29.2. The molecule has 0 bridgehead atoms. The summed E-state index contributed by atoms with van der Waals surface area (Å²) >= 11 is 0. The zero-order valence-corrected chi connectivity index (χ0v) is 13.4. The lowest BCUT2D eigenvalue weighted by atomic mass is 9.90. The Balaban J connectivity index is 1.33. The molecule has 3 heterocycles. The summed E-state index contributed by atoms with van der Waals surface area (Å²) in [4.78, 5) is 7.38. The molecule has 0 amide bonds. The smallest absolute Gasteiger partial charge is 0.229 e. The molecule has 1 saturated carbocycles. The maximum absolute atomic E-state index is 5.56. The van der Waals surface area contributed by atoms with Gasteiger partial charge in [0.1, 0.15) is 0 Å². The van der Waals surface area contributed by atoms with Crippen LogP contribution in [0, 0.1) is 0 Å². The number of ether oxygens (including phenoxy) is 1. The van der Waals surface area contributed by atoms with E-state index in [-0.39, 0.29) is 0 Å². The first-order chi connectivity index (χ1) is 10.9. The van der Waals surface area contributed by atoms with Gasteiger partial charge in [0, 0.05) is 24.5 Å². The first kappa shape index (κ1) is 14.6. The Morgan fingerprint density at radius 3 is 2.45 bits per heavy atom. The van der Waals surface area contributed by atoms with Crippen molar-refractivity contribution in [3.05, 3.63) is 11.7 Å². The second kappa shape index (κ2) is 6.67. The Morgan fingerprint density at radius 2 is 1.73 bits per heavy atom. The lowest BCUT2D eigenvalue weighted by Gasteiger charge is -2.38. The summed E-state index contributed by atoms with van der Waals surface area (Å²) in [6, 6.07) is 0.837. The Morgan fingerprint density at radius 1 is 0.909 bits per heavy atom. The minimum Gasteiger partial charge on any atom is -0.381 e. The molecule has 122 valence electrons. The van der Waals surface area contributed by atoms with Gasteiger partial charge in [-0.1, -0.05) is 24.4 Å². The third-order valence-electron chi connectivity index (χ3n) is 5.72. The van der Waals surface area contributed by atoms with Crippen molar-refractivity contribution in [1.29, 1.82) is 0 Å². The molecule has 5 heteroatoms. The highest BCUT2D eigenvalue weighted by molar-refractivity contribution is 5.02. The van der Waals surface area contributed by atoms with Gasteiger partial charge in [0.15, 0.2) is 5.82 Å². The van der Waals surface area contributed by atoms with E-state index in [1.807, 2.05) is 0 Å². The lowest BCUT2D eigenvalue weighted by molar-refractivity contribution is 0.115. The molecule has 1 aromatic rings. The van der Waals surface area contributed by atoms with Crippen molar-refractivity contribution < 1.29 is 9.26 Å². The summed E-state index contributed by atoms with van der Waals surface area (Å²) in [6.07, 6.45) is 10.4. The van der Waals surface area contributed by atoms with Crippen molar-refractivity contribution in [2.24, 2.45) is 0 Å². The van der Waals surface area contributed by atoms with Crippen LogP contribution in [0.15, 0.2) is 4.52 Å². The standard InChI is InChI=1S/C17H27N3O2/c1-2-4-15(5-3-1)20-9-6-13(7-10-20)17-18-16(19-22-17)14-8-11-21-12-14/h13-15H,1-12H2/t14-/m0/s1. The number of likely N-dealkylation sites (tertiary alicyclic amines) is 1. The van der Waals surface area contributed by atoms with Gasteiger partial charge in [0.25, 0.3) is 0 Å². The zero-order chi connectivity index (χ0) is 14.8. The molecule has 2 aliphatic heterocycles. The summed E-state index contributed by atoms with van der Waals surface area (Å²) in [5.74, 6) is 2.54. The number of hydrogen-bond acceptors (Lipinski definition) is 5. The summed E-state index contributed by atoms with van der Waals surface area (Å²) in [6.45, 7) is 3.96. The average molecular weight is 305 g/mol. The molecular formula is C17H27N3O2. The van der Waals surface area contributed by atoms with E-state index in [9.17, 15) is 0 Å². The minimum absolute atomic E-state index is 0.347. The molecule has 1 aliphatic carbocycles. The molecule has 3 aliphatic rings. The number of aromatic nitrogens is 2. The van der Waals surface area contributed by atoms with Crippen molar-refractivity contribution >= 4 is 0 Å². The molecule has 2 saturated heterocycles. The molecule has 0 radical (unpaired) electrons. The minimum atomic E-state index is 0.347. The van der Waals surface area contributed by atoms with Gasteiger partial charge in [-0.05, 0) is 45.2 Å². The molecule has 0 unspecified atom stereocenters. The van der Waals surface area contributed by atoms with Crippen molar-refractivity contribution in [3.63, 3.8) is 0 Å². The van der Waals surface area contributed by atoms with Crippen LogP contribution < -0.4 is 0 Å². The van der Waals surface area contributed by atoms with E-state index in [0.717, 1.165) is 37.4 Å². The van der Waals surface area contributed by atoms with Gasteiger partial charge < -0.3 is 14.2 Å². The lowest BCUT2D eigenvalue weighted by Crippen LogP contribution is -2.41. The van der Waals surface area contributed by atoms with E-state index in [1.165, 1.54) is 58.0 Å². The highest BCUT2D eigenvalue weighted by Gasteiger charge is 2.30. The third-order valence-corrected chi connectivity index (χ3v) is 5.72. The Bertz CT molecular complexity index is 470. The van der Waals surface area contributed by atoms with Crippen molar-refractivity contribution in [1.82, 2.24) is 15.0 Å². The van der Waals surface area contributed by atoms with Crippen LogP contribution in [0.2, 0.25) is 0 Å². The van der Waals surface area contributed by atoms with Gasteiger partial charge in [0.05, 0.1) is 6.61 Å². The molecule has 4 rings (SSSR count). The van der Waals surface area contributed by atoms with Crippen LogP contribution in [-0.4, -0.2) is 47.4 Å². The molecule has 0 spiro atoms. The zero-order valence-electron chi connectivity index (χ0n) is 13.4. The van der Waals surface area contributed by atoms with E-state index < -0.39 is 0 Å². The molecule has 22 heavy (non-hydrogen) atoms. The fourth-order valence-electron chi connectivity index (χ4n) is 4.27. The molecule has 0 N–H and O–H groups in total. The number of rotatable bonds is 3. The number of nitrogens with zero attached hydrogens (tertiary/aromatic N) is 3. The molecule has 0 aromatic carbocycles. The van der Waals surface area contributed by atoms with E-state index in [1.54, 1.807) is 0 Å². The average Bonchev–Trinajstić information content (AvgIpc) is 3.27. The predicted octanol–water partition coefficient (Wildman–Crippen LogP) is 3.09. The summed E-state index contributed by atoms with van der Waals surface area (Å²) < 4.78 is 11.0. The van der Waals surface area contributed by atoms with Gasteiger partial charge in [0.2, 0.25) is 5.89 Å². The fourth-order valence-corrected chi connectivity index (χ4v) is 4.27. The van der Waals surface area contributed by atoms with E-state index in [4.69, 9.17) is 9.26 Å². The van der Waals surface area contributed by atoms with Gasteiger partial charge in [-0.2, -0.15) is 4.98 Å². The second-order valence-electron chi connectivity index (χ2n) is 7.15. The Hall–Kier alpha value is -0.940. The SMILES string of the molecule is C1CCC(N2CCC(c3nc([C@H]4CCOC4)no3)CC2)CC1. The van der Waals surface area contributed by atoms with Crippen molar-refractivity contribution in [3.8, 4) is 0 Å². The van der Waals surface area contributed by atoms with E-state index in [2.05, 4.69) is 15.0 Å². The fraction of sp³-hybridized carbons (Fsp3) is 0.882. The second-order valence-corrected chi connectivity index (χ2v) is 7.15. The largest absolute Gasteiger partial charge is 0.381 e. The van der Waals surface area contributed by atoms with Crippen LogP contribution >= 0.6 is 0 Å². The van der Waals surface area contributed by atoms with Gasteiger partial charge >= 0.3 is 0 Å². The highest BCUT2D eigenvalue weighted by atomic mass is 16.5. The predicted molar refractivity (Wildman–Crippen MR) is 82.9 cm³/mol. The van der Waals surface area contributed by atoms with Crippen LogP contribution in [0.1, 0.15) is 74.9 Å². The van der Waals surface area contributed by atoms with Crippen LogP contribution in [0.3, 0.4) is 0 Å². The Labute approximate surface area is 132 Å². The monoisotopic (exact) mass is 305 g/mol. The van der Waals surface area contributed by atoms with Crippen molar-refractivity contribution in [2.45, 2.75) is 69.2 Å². The van der Waals surface area contributed by atoms with Gasteiger partial charge in [-0.25, -0.2) is 0 Å². The van der Waals surface area contributed by atoms with E-state index in [0.29, 0.717) is 11.8 Å². The van der Waals surface area contributed by atoms with Gasteiger partial charge in [-0.15, -0.1) is 0 Å². The molecular weight excluding hydrogens is 278 g/mol. The maximum atomic E-state index is 5.56. The van der Waals surface area contributed by atoms with Gasteiger partial charge in [-0.3, -0.25) is 0 Å². The summed E-state index contributed by atoms with van der Waals surface area (Å²) in [7, 11) is 0. The molecule has 5 nitrogen and oxygen atoms in total. The van der Waals surface area contributed by atoms with Crippen LogP contribution in [0.25, 0.3) is 0 Å². The summed E-state index contributed by atoms with van der Waals surface area (Å²) in [5.41, 5.74) is 0. The third kappa shape index (κ3) is 3.06. The summed E-state index contributed by atoms with van der Waals surface area (Å²) in [5, 5.41) is 4.20. The molecule has 1 atom stereocenters. The van der Waals surface area contributed by atoms with Crippen LogP contribution in [0.5, 0.6) is 0 Å². The molecule has 1 aromatic heterocycles. The van der Waals surface area contributed by atoms with Crippen molar-refractivity contribution in [2.75, 3.05) is 26.3 Å². The number of piperidine rings is 1. The van der Waals surface area contributed by atoms with Crippen LogP contribution in [0.4, 0.5) is 0 Å². The molecule has 3 fully saturated rings. The topological polar surface area (TPSA) is 51.4 Å². The Kier molecular flexibility index (Phi) is 4.44. The quantitative estimate of drug-likeness (QED) is 0.859. The van der Waals surface area contributed by atoms with E-state index >= 15 is 0 Å².